The van der Waals surface area contributed by atoms with E-state index >= 15 is 0 Å². The van der Waals surface area contributed by atoms with Crippen molar-refractivity contribution in [3.05, 3.63) is 69.1 Å². The third-order valence-electron chi connectivity index (χ3n) is 7.55. The van der Waals surface area contributed by atoms with E-state index < -0.39 is 0 Å². The van der Waals surface area contributed by atoms with E-state index in [2.05, 4.69) is 54.5 Å². The van der Waals surface area contributed by atoms with Crippen LogP contribution < -0.4 is 21.1 Å². The molecule has 1 aliphatic rings. The molecular weight excluding hydrogens is 506 g/mol. The van der Waals surface area contributed by atoms with Gasteiger partial charge in [-0.15, -0.1) is 11.8 Å². The summed E-state index contributed by atoms with van der Waals surface area (Å²) in [6.45, 7) is 14.3. The molecule has 1 saturated carbocycles. The molecule has 0 bridgehead atoms. The molecule has 1 amide bonds. The van der Waals surface area contributed by atoms with Crippen LogP contribution in [0.15, 0.2) is 46.2 Å². The number of hydrogen-bond acceptors (Lipinski definition) is 6. The molecule has 39 heavy (non-hydrogen) atoms. The normalized spacial score (nSPS) is 14.3. The molecule has 2 aromatic rings. The van der Waals surface area contributed by atoms with Crippen molar-refractivity contribution in [1.82, 2.24) is 14.9 Å². The number of nitrogens with one attached hydrogen (secondary N) is 2. The molecule has 0 aromatic carbocycles. The number of likely N-dealkylation sites (N-methyl/N-ethyl adjacent to an activating group) is 1. The number of carbonyl (C=O) groups is 1. The van der Waals surface area contributed by atoms with Crippen molar-refractivity contribution in [2.45, 2.75) is 71.9 Å². The van der Waals surface area contributed by atoms with Crippen LogP contribution in [0.4, 0.5) is 11.5 Å². The number of aromatic nitrogens is 2. The molecule has 7 nitrogen and oxygen atoms in total. The van der Waals surface area contributed by atoms with Gasteiger partial charge in [0.2, 0.25) is 5.91 Å². The van der Waals surface area contributed by atoms with E-state index in [1.807, 2.05) is 46.2 Å². The van der Waals surface area contributed by atoms with E-state index in [1.165, 1.54) is 5.56 Å². The van der Waals surface area contributed by atoms with Gasteiger partial charge < -0.3 is 15.5 Å². The van der Waals surface area contributed by atoms with Crippen molar-refractivity contribution in [3.8, 4) is 0 Å². The average Bonchev–Trinajstić information content (AvgIpc) is 3.68. The largest absolute Gasteiger partial charge is 0.376 e. The van der Waals surface area contributed by atoms with Gasteiger partial charge >= 0.3 is 0 Å². The maximum Gasteiger partial charge on any atom is 0.251 e. The molecule has 0 unspecified atom stereocenters. The first kappa shape index (κ1) is 30.5. The number of aryl methyl sites for hydroxylation is 3. The summed E-state index contributed by atoms with van der Waals surface area (Å²) in [5, 5.41) is 7.77. The number of anilines is 2. The minimum absolute atomic E-state index is 0.00490. The maximum atomic E-state index is 13.1. The van der Waals surface area contributed by atoms with Gasteiger partial charge in [-0.05, 0) is 82.5 Å². The van der Waals surface area contributed by atoms with E-state index in [4.69, 9.17) is 4.98 Å². The van der Waals surface area contributed by atoms with Crippen LogP contribution in [0.5, 0.6) is 0 Å². The van der Waals surface area contributed by atoms with Crippen molar-refractivity contribution in [3.63, 3.8) is 0 Å². The maximum absolute atomic E-state index is 13.1. The molecule has 2 N–H and O–H groups in total. The fourth-order valence-corrected chi connectivity index (χ4v) is 5.22. The molecule has 1 atom stereocenters. The Bertz CT molecular complexity index is 1300. The monoisotopic (exact) mass is 551 g/mol. The van der Waals surface area contributed by atoms with Crippen molar-refractivity contribution < 1.29 is 4.79 Å². The van der Waals surface area contributed by atoms with Crippen LogP contribution in [-0.2, 0) is 18.3 Å². The Morgan fingerprint density at radius 2 is 1.90 bits per heavy atom. The number of carbonyl (C=O) groups excluding carboxylic acids is 1. The second-order valence-corrected chi connectivity index (χ2v) is 11.5. The topological polar surface area (TPSA) is 79.3 Å². The molecule has 1 aliphatic carbocycles. The smallest absolute Gasteiger partial charge is 0.251 e. The summed E-state index contributed by atoms with van der Waals surface area (Å²) in [7, 11) is 1.82. The first-order valence-electron chi connectivity index (χ1n) is 13.9. The number of nitrogens with zero attached hydrogens (tertiary/aromatic N) is 3. The highest BCUT2D eigenvalue weighted by atomic mass is 32.2. The van der Waals surface area contributed by atoms with E-state index in [1.54, 1.807) is 22.4 Å². The number of pyridine rings is 1. The highest BCUT2D eigenvalue weighted by molar-refractivity contribution is 7.98. The molecule has 3 rings (SSSR count). The van der Waals surface area contributed by atoms with Gasteiger partial charge in [0.1, 0.15) is 10.8 Å². The highest BCUT2D eigenvalue weighted by Crippen LogP contribution is 2.44. The van der Waals surface area contributed by atoms with E-state index in [9.17, 15) is 9.59 Å². The third-order valence-corrected chi connectivity index (χ3v) is 8.25. The van der Waals surface area contributed by atoms with Crippen molar-refractivity contribution in [2.75, 3.05) is 36.1 Å². The minimum atomic E-state index is -0.201. The standard InChI is InChI=1S/C31H45N5O2S/c1-9-24-20-27(36(10-2)18-17-32-30(38)31(6)15-16-31)35(7)28(37)14-11-21(3)19-25(24)23(5)34-26-13-12-22(4)33-29(26)39-8/h11-14,19-20,23,34H,9-10,15-18H2,1-8H3,(H,32,38)/t23-/m1/s1. The summed E-state index contributed by atoms with van der Waals surface area (Å²) in [6.07, 6.45) is 4.75. The van der Waals surface area contributed by atoms with E-state index in [-0.39, 0.29) is 22.9 Å². The van der Waals surface area contributed by atoms with Crippen LogP contribution in [0.2, 0.25) is 0 Å². The third kappa shape index (κ3) is 7.78. The zero-order valence-electron chi connectivity index (χ0n) is 24.9. The lowest BCUT2D eigenvalue weighted by Gasteiger charge is -2.26. The van der Waals surface area contributed by atoms with Gasteiger partial charge in [0.15, 0.2) is 0 Å². The first-order valence-corrected chi connectivity index (χ1v) is 15.2. The Hall–Kier alpha value is -3.00. The summed E-state index contributed by atoms with van der Waals surface area (Å²) < 4.78 is 1.71. The highest BCUT2D eigenvalue weighted by Gasteiger charge is 2.44. The summed E-state index contributed by atoms with van der Waals surface area (Å²) in [5.41, 5.74) is 5.05. The van der Waals surface area contributed by atoms with Gasteiger partial charge in [0, 0.05) is 49.9 Å². The Morgan fingerprint density at radius 1 is 1.18 bits per heavy atom. The van der Waals surface area contributed by atoms with Crippen LogP contribution in [-0.4, -0.2) is 41.3 Å². The molecule has 0 spiro atoms. The second-order valence-electron chi connectivity index (χ2n) is 10.7. The molecule has 0 aliphatic heterocycles. The van der Waals surface area contributed by atoms with Crippen LogP contribution in [0.1, 0.15) is 69.0 Å². The molecule has 0 saturated heterocycles. The minimum Gasteiger partial charge on any atom is -0.376 e. The molecule has 1 fully saturated rings. The Balaban J connectivity index is 2.06. The van der Waals surface area contributed by atoms with Crippen molar-refractivity contribution >= 4 is 29.2 Å². The molecular formula is C31H45N5O2S. The molecule has 2 heterocycles. The van der Waals surface area contributed by atoms with Gasteiger partial charge in [-0.1, -0.05) is 31.5 Å². The number of hydrogen-bond donors (Lipinski definition) is 2. The number of rotatable bonds is 11. The first-order chi connectivity index (χ1) is 18.5. The second kappa shape index (κ2) is 13.4. The van der Waals surface area contributed by atoms with Gasteiger partial charge in [0.05, 0.1) is 5.69 Å². The Labute approximate surface area is 238 Å². The van der Waals surface area contributed by atoms with E-state index in [0.29, 0.717) is 19.6 Å². The van der Waals surface area contributed by atoms with Crippen molar-refractivity contribution in [1.29, 1.82) is 0 Å². The van der Waals surface area contributed by atoms with Crippen LogP contribution in [0.3, 0.4) is 0 Å². The average molecular weight is 552 g/mol. The number of amides is 1. The van der Waals surface area contributed by atoms with Crippen molar-refractivity contribution in [2.24, 2.45) is 12.5 Å². The fraction of sp³-hybridized carbons (Fsp3) is 0.516. The van der Waals surface area contributed by atoms with Gasteiger partial charge in [-0.25, -0.2) is 4.98 Å². The summed E-state index contributed by atoms with van der Waals surface area (Å²) in [4.78, 5) is 32.5. The zero-order chi connectivity index (χ0) is 28.7. The lowest BCUT2D eigenvalue weighted by Crippen LogP contribution is -2.39. The predicted molar refractivity (Wildman–Crippen MR) is 164 cm³/mol. The SMILES string of the molecule is CCc1cc(N(CC)CCNC(=O)C2(C)CC2)n(C)c(=O)ccc(C)cc1[C@@H](C)Nc1ccc(C)nc1SC. The molecule has 8 heteroatoms. The van der Waals surface area contributed by atoms with Gasteiger partial charge in [-0.3, -0.25) is 14.2 Å². The van der Waals surface area contributed by atoms with E-state index in [0.717, 1.165) is 52.6 Å². The fourth-order valence-electron chi connectivity index (χ4n) is 4.64. The van der Waals surface area contributed by atoms with Crippen LogP contribution >= 0.6 is 11.8 Å². The lowest BCUT2D eigenvalue weighted by molar-refractivity contribution is -0.125. The Kier molecular flexibility index (Phi) is 10.5. The molecule has 0 radical (unpaired) electrons. The summed E-state index contributed by atoms with van der Waals surface area (Å²) >= 11 is 1.63. The Morgan fingerprint density at radius 3 is 2.51 bits per heavy atom. The quantitative estimate of drug-likeness (QED) is 0.348. The van der Waals surface area contributed by atoms with Crippen LogP contribution in [0.25, 0.3) is 0 Å². The number of thioether (sulfide) groups is 1. The summed E-state index contributed by atoms with van der Waals surface area (Å²) in [5.74, 6) is 0.952. The predicted octanol–water partition coefficient (Wildman–Crippen LogP) is 5.72. The van der Waals surface area contributed by atoms with Gasteiger partial charge in [0.25, 0.3) is 5.56 Å². The zero-order valence-corrected chi connectivity index (χ0v) is 25.7. The summed E-state index contributed by atoms with van der Waals surface area (Å²) in [6, 6.07) is 12.0. The molecule has 2 aromatic heterocycles. The van der Waals surface area contributed by atoms with Gasteiger partial charge in [-0.2, -0.15) is 0 Å². The van der Waals surface area contributed by atoms with Crippen LogP contribution in [0, 0.1) is 19.3 Å². The molecule has 212 valence electrons. The lowest BCUT2D eigenvalue weighted by atomic mass is 9.99.